The molecule has 0 atom stereocenters. The summed E-state index contributed by atoms with van der Waals surface area (Å²) in [6, 6.07) is 10.7. The van der Waals surface area contributed by atoms with Crippen molar-refractivity contribution in [2.45, 2.75) is 18.7 Å². The van der Waals surface area contributed by atoms with Crippen LogP contribution in [0.2, 0.25) is 0 Å². The molecule has 2 aromatic rings. The lowest BCUT2D eigenvalue weighted by atomic mass is 10.2. The van der Waals surface area contributed by atoms with Crippen molar-refractivity contribution in [1.82, 2.24) is 0 Å². The van der Waals surface area contributed by atoms with Crippen LogP contribution in [0.25, 0.3) is 0 Å². The summed E-state index contributed by atoms with van der Waals surface area (Å²) in [7, 11) is 0. The highest BCUT2D eigenvalue weighted by atomic mass is 79.9. The van der Waals surface area contributed by atoms with Crippen LogP contribution in [0.4, 0.5) is 5.69 Å². The molecule has 120 valence electrons. The Morgan fingerprint density at radius 3 is 2.61 bits per heavy atom. The molecule has 0 saturated carbocycles. The van der Waals surface area contributed by atoms with Gasteiger partial charge in [0.15, 0.2) is 0 Å². The van der Waals surface area contributed by atoms with Gasteiger partial charge in [-0.1, -0.05) is 22.0 Å². The van der Waals surface area contributed by atoms with Crippen LogP contribution >= 0.6 is 27.7 Å². The van der Waals surface area contributed by atoms with E-state index in [9.17, 15) is 9.59 Å². The van der Waals surface area contributed by atoms with Gasteiger partial charge in [0.25, 0.3) is 0 Å². The summed E-state index contributed by atoms with van der Waals surface area (Å²) in [5.41, 5.74) is 8.42. The molecule has 0 fully saturated rings. The molecule has 0 aliphatic heterocycles. The average molecular weight is 393 g/mol. The number of nitrogens with one attached hydrogen (secondary N) is 1. The standard InChI is InChI=1S/C17H17BrN2O2S/c1-10-7-15(11(2)6-14(10)18)23-9-16(21)20-13-5-3-4-12(8-13)17(19)22/h3-8H,9H2,1-2H3,(H2,19,22)(H,20,21). The maximum Gasteiger partial charge on any atom is 0.248 e. The number of carbonyl (C=O) groups excluding carboxylic acids is 2. The third-order valence-corrected chi connectivity index (χ3v) is 5.26. The second-order valence-electron chi connectivity index (χ2n) is 5.15. The molecule has 0 aromatic heterocycles. The van der Waals surface area contributed by atoms with E-state index in [1.165, 1.54) is 11.8 Å². The molecule has 0 bridgehead atoms. The fourth-order valence-corrected chi connectivity index (χ4v) is 3.36. The van der Waals surface area contributed by atoms with Crippen LogP contribution in [0, 0.1) is 13.8 Å². The van der Waals surface area contributed by atoms with E-state index >= 15 is 0 Å². The number of nitrogens with two attached hydrogens (primary N) is 1. The highest BCUT2D eigenvalue weighted by Gasteiger charge is 2.08. The van der Waals surface area contributed by atoms with E-state index in [1.807, 2.05) is 19.9 Å². The Morgan fingerprint density at radius 1 is 1.17 bits per heavy atom. The second-order valence-corrected chi connectivity index (χ2v) is 7.02. The van der Waals surface area contributed by atoms with Crippen LogP contribution in [0.3, 0.4) is 0 Å². The minimum absolute atomic E-state index is 0.128. The van der Waals surface area contributed by atoms with Gasteiger partial charge in [0.1, 0.15) is 0 Å². The van der Waals surface area contributed by atoms with E-state index in [1.54, 1.807) is 24.3 Å². The number of aryl methyl sites for hydroxylation is 2. The van der Waals surface area contributed by atoms with Crippen LogP contribution in [0.5, 0.6) is 0 Å². The van der Waals surface area contributed by atoms with Gasteiger partial charge in [-0.2, -0.15) is 0 Å². The summed E-state index contributed by atoms with van der Waals surface area (Å²) in [5.74, 6) is -0.351. The lowest BCUT2D eigenvalue weighted by Gasteiger charge is -2.09. The van der Waals surface area contributed by atoms with E-state index in [2.05, 4.69) is 27.3 Å². The molecule has 0 aliphatic rings. The lowest BCUT2D eigenvalue weighted by molar-refractivity contribution is -0.113. The molecule has 3 N–H and O–H groups in total. The van der Waals surface area contributed by atoms with Gasteiger partial charge in [0.05, 0.1) is 5.75 Å². The van der Waals surface area contributed by atoms with Crippen molar-refractivity contribution in [2.75, 3.05) is 11.1 Å². The van der Waals surface area contributed by atoms with Crippen molar-refractivity contribution in [3.63, 3.8) is 0 Å². The number of amides is 2. The molecule has 23 heavy (non-hydrogen) atoms. The molecular formula is C17H17BrN2O2S. The predicted octanol–water partition coefficient (Wildman–Crippen LogP) is 3.90. The molecule has 2 amide bonds. The molecule has 0 unspecified atom stereocenters. The first kappa shape index (κ1) is 17.6. The molecule has 0 heterocycles. The molecule has 0 saturated heterocycles. The molecule has 0 spiro atoms. The Morgan fingerprint density at radius 2 is 1.91 bits per heavy atom. The zero-order valence-corrected chi connectivity index (χ0v) is 15.3. The number of carbonyl (C=O) groups is 2. The van der Waals surface area contributed by atoms with Gasteiger partial charge in [-0.25, -0.2) is 0 Å². The maximum absolute atomic E-state index is 12.1. The van der Waals surface area contributed by atoms with Gasteiger partial charge >= 0.3 is 0 Å². The summed E-state index contributed by atoms with van der Waals surface area (Å²) >= 11 is 4.98. The second kappa shape index (κ2) is 7.66. The zero-order chi connectivity index (χ0) is 17.0. The number of halogens is 1. The smallest absolute Gasteiger partial charge is 0.248 e. The first-order valence-corrected chi connectivity index (χ1v) is 8.74. The third-order valence-electron chi connectivity index (χ3n) is 3.25. The van der Waals surface area contributed by atoms with E-state index in [-0.39, 0.29) is 5.91 Å². The van der Waals surface area contributed by atoms with Crippen molar-refractivity contribution < 1.29 is 9.59 Å². The number of thioether (sulfide) groups is 1. The van der Waals surface area contributed by atoms with Crippen molar-refractivity contribution in [1.29, 1.82) is 0 Å². The summed E-state index contributed by atoms with van der Waals surface area (Å²) in [6.07, 6.45) is 0. The molecule has 0 radical (unpaired) electrons. The van der Waals surface area contributed by atoms with Gasteiger partial charge in [-0.15, -0.1) is 11.8 Å². The number of hydrogen-bond acceptors (Lipinski definition) is 3. The average Bonchev–Trinajstić information content (AvgIpc) is 2.50. The molecular weight excluding hydrogens is 376 g/mol. The first-order chi connectivity index (χ1) is 10.9. The van der Waals surface area contributed by atoms with Gasteiger partial charge in [0, 0.05) is 20.6 Å². The normalized spacial score (nSPS) is 10.4. The first-order valence-electron chi connectivity index (χ1n) is 6.96. The number of anilines is 1. The van der Waals surface area contributed by atoms with Crippen molar-refractivity contribution in [3.8, 4) is 0 Å². The Hall–Kier alpha value is -1.79. The minimum Gasteiger partial charge on any atom is -0.366 e. The van der Waals surface area contributed by atoms with Crippen molar-refractivity contribution in [2.24, 2.45) is 5.73 Å². The van der Waals surface area contributed by atoms with E-state index in [0.717, 1.165) is 20.5 Å². The molecule has 2 rings (SSSR count). The van der Waals surface area contributed by atoms with Gasteiger partial charge in [-0.05, 0) is 55.3 Å². The van der Waals surface area contributed by atoms with Crippen LogP contribution in [0.15, 0.2) is 45.8 Å². The Labute approximate surface area is 148 Å². The fraction of sp³-hybridized carbons (Fsp3) is 0.176. The summed E-state index contributed by atoms with van der Waals surface area (Å²) < 4.78 is 1.06. The highest BCUT2D eigenvalue weighted by Crippen LogP contribution is 2.28. The summed E-state index contributed by atoms with van der Waals surface area (Å²) in [6.45, 7) is 4.03. The molecule has 2 aromatic carbocycles. The third kappa shape index (κ3) is 4.84. The molecule has 4 nitrogen and oxygen atoms in total. The van der Waals surface area contributed by atoms with E-state index < -0.39 is 5.91 Å². The highest BCUT2D eigenvalue weighted by molar-refractivity contribution is 9.10. The van der Waals surface area contributed by atoms with Crippen molar-refractivity contribution >= 4 is 45.2 Å². The van der Waals surface area contributed by atoms with Gasteiger partial charge in [-0.3, -0.25) is 9.59 Å². The Bertz CT molecular complexity index is 762. The maximum atomic E-state index is 12.1. The number of primary amides is 1. The van der Waals surface area contributed by atoms with Gasteiger partial charge in [0.2, 0.25) is 11.8 Å². The van der Waals surface area contributed by atoms with E-state index in [4.69, 9.17) is 5.73 Å². The largest absolute Gasteiger partial charge is 0.366 e. The summed E-state index contributed by atoms with van der Waals surface area (Å²) in [5, 5.41) is 2.78. The molecule has 6 heteroatoms. The topological polar surface area (TPSA) is 72.2 Å². The Kier molecular flexibility index (Phi) is 5.85. The SMILES string of the molecule is Cc1cc(SCC(=O)Nc2cccc(C(N)=O)c2)c(C)cc1Br. The van der Waals surface area contributed by atoms with Crippen molar-refractivity contribution in [3.05, 3.63) is 57.6 Å². The number of hydrogen-bond donors (Lipinski definition) is 2. The van der Waals surface area contributed by atoms with Crippen LogP contribution in [-0.2, 0) is 4.79 Å². The van der Waals surface area contributed by atoms with E-state index in [0.29, 0.717) is 17.0 Å². The fourth-order valence-electron chi connectivity index (χ4n) is 2.00. The zero-order valence-electron chi connectivity index (χ0n) is 12.9. The quantitative estimate of drug-likeness (QED) is 0.757. The molecule has 0 aliphatic carbocycles. The Balaban J connectivity index is 1.99. The number of benzene rings is 2. The van der Waals surface area contributed by atoms with Crippen LogP contribution in [-0.4, -0.2) is 17.6 Å². The lowest BCUT2D eigenvalue weighted by Crippen LogP contribution is -2.15. The van der Waals surface area contributed by atoms with Crippen LogP contribution < -0.4 is 11.1 Å². The predicted molar refractivity (Wildman–Crippen MR) is 97.9 cm³/mol. The van der Waals surface area contributed by atoms with Crippen LogP contribution in [0.1, 0.15) is 21.5 Å². The summed E-state index contributed by atoms with van der Waals surface area (Å²) in [4.78, 5) is 24.3. The monoisotopic (exact) mass is 392 g/mol. The minimum atomic E-state index is -0.517. The number of rotatable bonds is 5. The van der Waals surface area contributed by atoms with Gasteiger partial charge < -0.3 is 11.1 Å².